The lowest BCUT2D eigenvalue weighted by Gasteiger charge is -2.38. The van der Waals surface area contributed by atoms with Gasteiger partial charge in [0.2, 0.25) is 0 Å². The number of likely N-dealkylation sites (N-methyl/N-ethyl adjacent to an activating group) is 1. The second kappa shape index (κ2) is 10.9. The van der Waals surface area contributed by atoms with Gasteiger partial charge in [0.1, 0.15) is 5.75 Å². The molecular formula is C20H34IN5O. The van der Waals surface area contributed by atoms with Crippen molar-refractivity contribution in [3.63, 3.8) is 0 Å². The number of hydrogen-bond donors (Lipinski definition) is 1. The molecule has 2 aliphatic heterocycles. The van der Waals surface area contributed by atoms with E-state index in [0.29, 0.717) is 6.04 Å². The van der Waals surface area contributed by atoms with E-state index in [4.69, 9.17) is 9.73 Å². The van der Waals surface area contributed by atoms with Gasteiger partial charge in [0.25, 0.3) is 0 Å². The molecule has 6 nitrogen and oxygen atoms in total. The molecule has 0 spiro atoms. The lowest BCUT2D eigenvalue weighted by molar-refractivity contribution is 0.314. The predicted molar refractivity (Wildman–Crippen MR) is 124 cm³/mol. The van der Waals surface area contributed by atoms with Crippen LogP contribution in [0.1, 0.15) is 19.8 Å². The third kappa shape index (κ3) is 5.88. The van der Waals surface area contributed by atoms with Gasteiger partial charge in [-0.2, -0.15) is 0 Å². The number of ether oxygens (including phenoxy) is 1. The Labute approximate surface area is 181 Å². The normalized spacial score (nSPS) is 21.1. The molecule has 0 amide bonds. The van der Waals surface area contributed by atoms with Crippen LogP contribution in [0.25, 0.3) is 0 Å². The molecule has 1 unspecified atom stereocenters. The summed E-state index contributed by atoms with van der Waals surface area (Å²) in [5, 5.41) is 3.48. The first kappa shape index (κ1) is 22.1. The van der Waals surface area contributed by atoms with Crippen molar-refractivity contribution in [3.05, 3.63) is 24.3 Å². The fourth-order valence-electron chi connectivity index (χ4n) is 3.81. The first-order valence-corrected chi connectivity index (χ1v) is 9.83. The van der Waals surface area contributed by atoms with Crippen molar-refractivity contribution in [2.24, 2.45) is 4.99 Å². The molecule has 0 bridgehead atoms. The van der Waals surface area contributed by atoms with Crippen molar-refractivity contribution in [1.29, 1.82) is 0 Å². The van der Waals surface area contributed by atoms with Gasteiger partial charge >= 0.3 is 0 Å². The molecular weight excluding hydrogens is 453 g/mol. The highest BCUT2D eigenvalue weighted by molar-refractivity contribution is 14.0. The summed E-state index contributed by atoms with van der Waals surface area (Å²) in [5.41, 5.74) is 1.23. The van der Waals surface area contributed by atoms with Gasteiger partial charge in [-0.05, 0) is 45.5 Å². The van der Waals surface area contributed by atoms with E-state index in [1.807, 2.05) is 6.07 Å². The summed E-state index contributed by atoms with van der Waals surface area (Å²) in [5.74, 6) is 1.98. The van der Waals surface area contributed by atoms with E-state index in [9.17, 15) is 0 Å². The zero-order chi connectivity index (χ0) is 18.4. The minimum Gasteiger partial charge on any atom is -0.497 e. The van der Waals surface area contributed by atoms with E-state index in [1.54, 1.807) is 7.11 Å². The maximum Gasteiger partial charge on any atom is 0.194 e. The van der Waals surface area contributed by atoms with Crippen LogP contribution in [-0.4, -0.2) is 81.8 Å². The minimum absolute atomic E-state index is 0. The second-order valence-corrected chi connectivity index (χ2v) is 7.15. The Hall–Kier alpha value is -1.22. The molecule has 2 fully saturated rings. The van der Waals surface area contributed by atoms with Crippen LogP contribution >= 0.6 is 24.0 Å². The van der Waals surface area contributed by atoms with Crippen molar-refractivity contribution in [2.45, 2.75) is 25.8 Å². The number of nitrogens with zero attached hydrogens (tertiary/aromatic N) is 4. The summed E-state index contributed by atoms with van der Waals surface area (Å²) in [6.07, 6.45) is 2.56. The SMILES string of the molecule is CCNC(=NCC1CCCN1C)N1CCN(c2cccc(OC)c2)CC1.I. The van der Waals surface area contributed by atoms with E-state index in [-0.39, 0.29) is 24.0 Å². The molecule has 2 heterocycles. The van der Waals surface area contributed by atoms with Gasteiger partial charge in [-0.3, -0.25) is 4.99 Å². The van der Waals surface area contributed by atoms with E-state index < -0.39 is 0 Å². The molecule has 1 N–H and O–H groups in total. The quantitative estimate of drug-likeness (QED) is 0.393. The molecule has 0 radical (unpaired) electrons. The van der Waals surface area contributed by atoms with Crippen LogP contribution < -0.4 is 15.0 Å². The summed E-state index contributed by atoms with van der Waals surface area (Å²) in [6.45, 7) is 9.14. The zero-order valence-corrected chi connectivity index (χ0v) is 19.2. The fraction of sp³-hybridized carbons (Fsp3) is 0.650. The molecule has 0 aliphatic carbocycles. The Morgan fingerprint density at radius 3 is 2.63 bits per heavy atom. The fourth-order valence-corrected chi connectivity index (χ4v) is 3.81. The summed E-state index contributed by atoms with van der Waals surface area (Å²) in [7, 11) is 3.94. The van der Waals surface area contributed by atoms with Crippen molar-refractivity contribution < 1.29 is 4.74 Å². The monoisotopic (exact) mass is 487 g/mol. The number of piperazine rings is 1. The molecule has 3 rings (SSSR count). The maximum absolute atomic E-state index is 5.36. The van der Waals surface area contributed by atoms with Gasteiger partial charge in [-0.25, -0.2) is 0 Å². The lowest BCUT2D eigenvalue weighted by atomic mass is 10.2. The van der Waals surface area contributed by atoms with Gasteiger partial charge in [-0.15, -0.1) is 24.0 Å². The number of nitrogens with one attached hydrogen (secondary N) is 1. The van der Waals surface area contributed by atoms with Crippen molar-refractivity contribution in [2.75, 3.05) is 64.9 Å². The topological polar surface area (TPSA) is 43.3 Å². The minimum atomic E-state index is 0. The number of methoxy groups -OCH3 is 1. The van der Waals surface area contributed by atoms with Crippen LogP contribution in [0.15, 0.2) is 29.3 Å². The number of guanidine groups is 1. The molecule has 0 aromatic heterocycles. The molecule has 1 aromatic carbocycles. The van der Waals surface area contributed by atoms with Gasteiger partial charge < -0.3 is 24.8 Å². The zero-order valence-electron chi connectivity index (χ0n) is 16.9. The van der Waals surface area contributed by atoms with E-state index in [0.717, 1.165) is 51.0 Å². The van der Waals surface area contributed by atoms with Crippen LogP contribution in [0.3, 0.4) is 0 Å². The Morgan fingerprint density at radius 2 is 2.00 bits per heavy atom. The Morgan fingerprint density at radius 1 is 1.22 bits per heavy atom. The number of hydrogen-bond acceptors (Lipinski definition) is 4. The van der Waals surface area contributed by atoms with Crippen molar-refractivity contribution in [1.82, 2.24) is 15.1 Å². The molecule has 1 atom stereocenters. The maximum atomic E-state index is 5.36. The molecule has 0 saturated carbocycles. The molecule has 2 saturated heterocycles. The van der Waals surface area contributed by atoms with Crippen molar-refractivity contribution in [3.8, 4) is 5.75 Å². The number of aliphatic imine (C=N–C) groups is 1. The van der Waals surface area contributed by atoms with Gasteiger partial charge in [0.05, 0.1) is 13.7 Å². The van der Waals surface area contributed by atoms with Gasteiger partial charge in [0.15, 0.2) is 5.96 Å². The molecule has 152 valence electrons. The Kier molecular flexibility index (Phi) is 8.95. The molecule has 27 heavy (non-hydrogen) atoms. The summed E-state index contributed by atoms with van der Waals surface area (Å²) < 4.78 is 5.36. The smallest absolute Gasteiger partial charge is 0.194 e. The largest absolute Gasteiger partial charge is 0.497 e. The summed E-state index contributed by atoms with van der Waals surface area (Å²) >= 11 is 0. The summed E-state index contributed by atoms with van der Waals surface area (Å²) in [6, 6.07) is 8.93. The van der Waals surface area contributed by atoms with Crippen LogP contribution in [-0.2, 0) is 0 Å². The third-order valence-corrected chi connectivity index (χ3v) is 5.46. The molecule has 2 aliphatic rings. The average molecular weight is 487 g/mol. The molecule has 7 heteroatoms. The standard InChI is InChI=1S/C20H33N5O.HI/c1-4-21-20(22-16-18-8-6-10-23(18)2)25-13-11-24(12-14-25)17-7-5-9-19(15-17)26-3;/h5,7,9,15,18H,4,6,8,10-14,16H2,1-3H3,(H,21,22);1H. The molecule has 1 aromatic rings. The number of likely N-dealkylation sites (tertiary alicyclic amines) is 1. The van der Waals surface area contributed by atoms with Crippen LogP contribution in [0, 0.1) is 0 Å². The Bertz CT molecular complexity index is 604. The highest BCUT2D eigenvalue weighted by Crippen LogP contribution is 2.22. The highest BCUT2D eigenvalue weighted by atomic mass is 127. The van der Waals surface area contributed by atoms with E-state index in [2.05, 4.69) is 52.2 Å². The first-order valence-electron chi connectivity index (χ1n) is 9.83. The predicted octanol–water partition coefficient (Wildman–Crippen LogP) is 2.49. The number of anilines is 1. The number of halogens is 1. The third-order valence-electron chi connectivity index (χ3n) is 5.46. The Balaban J connectivity index is 0.00000261. The van der Waals surface area contributed by atoms with E-state index >= 15 is 0 Å². The first-order chi connectivity index (χ1) is 12.7. The lowest BCUT2D eigenvalue weighted by Crippen LogP contribution is -2.52. The van der Waals surface area contributed by atoms with Crippen molar-refractivity contribution >= 4 is 35.6 Å². The van der Waals surface area contributed by atoms with Crippen LogP contribution in [0.5, 0.6) is 5.75 Å². The average Bonchev–Trinajstić information content (AvgIpc) is 3.10. The van der Waals surface area contributed by atoms with Crippen LogP contribution in [0.4, 0.5) is 5.69 Å². The second-order valence-electron chi connectivity index (χ2n) is 7.15. The highest BCUT2D eigenvalue weighted by Gasteiger charge is 2.23. The number of benzene rings is 1. The number of rotatable bonds is 5. The van der Waals surface area contributed by atoms with E-state index in [1.165, 1.54) is 25.1 Å². The van der Waals surface area contributed by atoms with Gasteiger partial charge in [-0.1, -0.05) is 6.07 Å². The van der Waals surface area contributed by atoms with Crippen LogP contribution in [0.2, 0.25) is 0 Å². The van der Waals surface area contributed by atoms with Gasteiger partial charge in [0, 0.05) is 50.5 Å². The summed E-state index contributed by atoms with van der Waals surface area (Å²) in [4.78, 5) is 12.2.